The van der Waals surface area contributed by atoms with Crippen LogP contribution in [0.4, 0.5) is 5.82 Å². The summed E-state index contributed by atoms with van der Waals surface area (Å²) in [5.41, 5.74) is 9.68. The van der Waals surface area contributed by atoms with Gasteiger partial charge in [0.25, 0.3) is 0 Å². The highest BCUT2D eigenvalue weighted by atomic mass is 16.5. The summed E-state index contributed by atoms with van der Waals surface area (Å²) in [4.78, 5) is 22.3. The zero-order valence-corrected chi connectivity index (χ0v) is 17.4. The van der Waals surface area contributed by atoms with Crippen molar-refractivity contribution in [3.63, 3.8) is 0 Å². The lowest BCUT2D eigenvalue weighted by Crippen LogP contribution is -2.41. The van der Waals surface area contributed by atoms with Crippen molar-refractivity contribution in [1.82, 2.24) is 24.6 Å². The van der Waals surface area contributed by atoms with E-state index in [1.165, 1.54) is 23.5 Å². The summed E-state index contributed by atoms with van der Waals surface area (Å²) in [6.45, 7) is 4.84. The largest absolute Gasteiger partial charge is 0.473 e. The Morgan fingerprint density at radius 3 is 2.71 bits per heavy atom. The number of aryl methyl sites for hydroxylation is 1. The van der Waals surface area contributed by atoms with E-state index in [0.717, 1.165) is 32.1 Å². The number of benzene rings is 1. The Bertz CT molecular complexity index is 1130. The number of rotatable bonds is 4. The normalized spacial score (nSPS) is 19.2. The monoisotopic (exact) mass is 418 g/mol. The lowest BCUT2D eigenvalue weighted by Gasteiger charge is -2.31. The molecule has 1 amide bonds. The summed E-state index contributed by atoms with van der Waals surface area (Å²) in [6.07, 6.45) is 7.17. The first-order valence-electron chi connectivity index (χ1n) is 10.8. The van der Waals surface area contributed by atoms with Crippen molar-refractivity contribution in [3.8, 4) is 5.88 Å². The number of hydrogen-bond acceptors (Lipinski definition) is 6. The van der Waals surface area contributed by atoms with Gasteiger partial charge in [-0.05, 0) is 36.5 Å². The maximum Gasteiger partial charge on any atom is 0.246 e. The number of likely N-dealkylation sites (tertiary alicyclic amines) is 1. The minimum atomic E-state index is -0.0385. The first-order valence-corrected chi connectivity index (χ1v) is 10.8. The van der Waals surface area contributed by atoms with Gasteiger partial charge in [-0.1, -0.05) is 30.8 Å². The molecule has 2 aromatic heterocycles. The third-order valence-electron chi connectivity index (χ3n) is 6.36. The van der Waals surface area contributed by atoms with Crippen LogP contribution in [0.5, 0.6) is 5.88 Å². The van der Waals surface area contributed by atoms with Crippen LogP contribution in [0.1, 0.15) is 36.4 Å². The Kier molecular flexibility index (Phi) is 5.05. The molecule has 1 aliphatic carbocycles. The molecule has 8 nitrogen and oxygen atoms in total. The number of hydrogen-bond donors (Lipinski definition) is 1. The summed E-state index contributed by atoms with van der Waals surface area (Å²) in [6, 6.07) is 8.75. The molecule has 1 atom stereocenters. The van der Waals surface area contributed by atoms with Crippen LogP contribution in [0.2, 0.25) is 0 Å². The average molecular weight is 419 g/mol. The fourth-order valence-electron chi connectivity index (χ4n) is 4.67. The lowest BCUT2D eigenvalue weighted by atomic mass is 9.88. The molecule has 2 aliphatic rings. The zero-order valence-electron chi connectivity index (χ0n) is 17.4. The van der Waals surface area contributed by atoms with E-state index in [1.807, 2.05) is 4.68 Å². The highest BCUT2D eigenvalue weighted by Gasteiger charge is 2.28. The summed E-state index contributed by atoms with van der Waals surface area (Å²) < 4.78 is 8.26. The Labute approximate surface area is 180 Å². The molecule has 1 fully saturated rings. The van der Waals surface area contributed by atoms with Crippen LogP contribution in [-0.4, -0.2) is 49.7 Å². The van der Waals surface area contributed by atoms with Crippen LogP contribution in [-0.2, 0) is 17.6 Å². The van der Waals surface area contributed by atoms with Gasteiger partial charge in [-0.15, -0.1) is 5.10 Å². The second-order valence-electron chi connectivity index (χ2n) is 8.22. The first-order chi connectivity index (χ1) is 15.1. The smallest absolute Gasteiger partial charge is 0.246 e. The fourth-order valence-corrected chi connectivity index (χ4v) is 4.67. The van der Waals surface area contributed by atoms with Crippen LogP contribution in [0, 0.1) is 0 Å². The molecule has 0 bridgehead atoms. The molecule has 3 aromatic rings. The number of ether oxygens (including phenoxy) is 1. The van der Waals surface area contributed by atoms with Gasteiger partial charge in [0.15, 0.2) is 5.65 Å². The van der Waals surface area contributed by atoms with Gasteiger partial charge in [-0.25, -0.2) is 14.6 Å². The third-order valence-corrected chi connectivity index (χ3v) is 6.36. The standard InChI is InChI=1S/C23H26N6O2/c1-2-19(30)28-11-9-18(10-12-28)31-23-20-21(24)25-14-26-22(20)29(27-23)17-8-7-15-5-3-4-6-16(15)13-17/h2-6,14,17-18H,1,7-13H2,(H2,24,25,26). The average Bonchev–Trinajstić information content (AvgIpc) is 3.18. The Hall–Kier alpha value is -3.42. The minimum absolute atomic E-state index is 0.0351. The van der Waals surface area contributed by atoms with E-state index in [1.54, 1.807) is 4.90 Å². The van der Waals surface area contributed by atoms with Crippen molar-refractivity contribution < 1.29 is 9.53 Å². The summed E-state index contributed by atoms with van der Waals surface area (Å²) in [5.74, 6) is 0.825. The molecule has 31 heavy (non-hydrogen) atoms. The zero-order chi connectivity index (χ0) is 21.4. The molecule has 160 valence electrons. The van der Waals surface area contributed by atoms with E-state index in [0.29, 0.717) is 35.8 Å². The molecule has 0 spiro atoms. The maximum absolute atomic E-state index is 11.8. The van der Waals surface area contributed by atoms with E-state index >= 15 is 0 Å². The molecule has 5 rings (SSSR count). The third kappa shape index (κ3) is 3.62. The number of nitrogen functional groups attached to an aromatic ring is 1. The topological polar surface area (TPSA) is 99.2 Å². The maximum atomic E-state index is 11.8. The number of nitrogens with zero attached hydrogens (tertiary/aromatic N) is 5. The van der Waals surface area contributed by atoms with Crippen LogP contribution in [0.3, 0.4) is 0 Å². The molecular formula is C23H26N6O2. The Morgan fingerprint density at radius 2 is 1.94 bits per heavy atom. The van der Waals surface area contributed by atoms with Gasteiger partial charge < -0.3 is 15.4 Å². The molecule has 1 aromatic carbocycles. The van der Waals surface area contributed by atoms with Gasteiger partial charge in [0.2, 0.25) is 11.8 Å². The van der Waals surface area contributed by atoms with Crippen LogP contribution < -0.4 is 10.5 Å². The predicted octanol–water partition coefficient (Wildman–Crippen LogP) is 2.69. The molecule has 3 heterocycles. The molecule has 0 radical (unpaired) electrons. The highest BCUT2D eigenvalue weighted by Crippen LogP contribution is 2.35. The van der Waals surface area contributed by atoms with Gasteiger partial charge in [0.05, 0.1) is 6.04 Å². The molecule has 1 saturated heterocycles. The van der Waals surface area contributed by atoms with Crippen LogP contribution in [0.15, 0.2) is 43.2 Å². The number of carbonyl (C=O) groups excluding carboxylic acids is 1. The van der Waals surface area contributed by atoms with Gasteiger partial charge in [-0.2, -0.15) is 0 Å². The number of nitrogens with two attached hydrogens (primary N) is 1. The van der Waals surface area contributed by atoms with Crippen molar-refractivity contribution in [2.75, 3.05) is 18.8 Å². The fraction of sp³-hybridized carbons (Fsp3) is 0.391. The summed E-state index contributed by atoms with van der Waals surface area (Å²) in [5, 5.41) is 5.50. The molecule has 0 saturated carbocycles. The van der Waals surface area contributed by atoms with Gasteiger partial charge >= 0.3 is 0 Å². The molecule has 8 heteroatoms. The summed E-state index contributed by atoms with van der Waals surface area (Å²) >= 11 is 0. The van der Waals surface area contributed by atoms with E-state index < -0.39 is 0 Å². The van der Waals surface area contributed by atoms with Crippen molar-refractivity contribution in [3.05, 3.63) is 54.4 Å². The van der Waals surface area contributed by atoms with Crippen LogP contribution >= 0.6 is 0 Å². The predicted molar refractivity (Wildman–Crippen MR) is 118 cm³/mol. The highest BCUT2D eigenvalue weighted by molar-refractivity contribution is 5.90. The lowest BCUT2D eigenvalue weighted by molar-refractivity contribution is -0.127. The quantitative estimate of drug-likeness (QED) is 0.654. The number of carbonyl (C=O) groups is 1. The molecule has 1 unspecified atom stereocenters. The van der Waals surface area contributed by atoms with E-state index in [9.17, 15) is 4.79 Å². The molecule has 1 aliphatic heterocycles. The second-order valence-corrected chi connectivity index (χ2v) is 8.22. The van der Waals surface area contributed by atoms with E-state index in [2.05, 4.69) is 40.8 Å². The van der Waals surface area contributed by atoms with Crippen LogP contribution in [0.25, 0.3) is 11.0 Å². The first kappa shape index (κ1) is 19.5. The number of fused-ring (bicyclic) bond motifs is 2. The SMILES string of the molecule is C=CC(=O)N1CCC(Oc2nn(C3CCc4ccccc4C3)c3ncnc(N)c23)CC1. The summed E-state index contributed by atoms with van der Waals surface area (Å²) in [7, 11) is 0. The number of aromatic nitrogens is 4. The van der Waals surface area contributed by atoms with Crippen molar-refractivity contribution in [1.29, 1.82) is 0 Å². The van der Waals surface area contributed by atoms with E-state index in [4.69, 9.17) is 15.6 Å². The Morgan fingerprint density at radius 1 is 1.16 bits per heavy atom. The molecular weight excluding hydrogens is 392 g/mol. The number of anilines is 1. The second kappa shape index (κ2) is 8.02. The van der Waals surface area contributed by atoms with Crippen molar-refractivity contribution in [2.24, 2.45) is 0 Å². The van der Waals surface area contributed by atoms with Crippen molar-refractivity contribution in [2.45, 2.75) is 44.2 Å². The van der Waals surface area contributed by atoms with Gasteiger partial charge in [0, 0.05) is 25.9 Å². The Balaban J connectivity index is 1.41. The molecule has 2 N–H and O–H groups in total. The van der Waals surface area contributed by atoms with Crippen molar-refractivity contribution >= 4 is 22.8 Å². The number of piperidine rings is 1. The minimum Gasteiger partial charge on any atom is -0.473 e. The van der Waals surface area contributed by atoms with Gasteiger partial charge in [0.1, 0.15) is 23.6 Å². The number of amides is 1. The van der Waals surface area contributed by atoms with Gasteiger partial charge in [-0.3, -0.25) is 4.79 Å². The van der Waals surface area contributed by atoms with E-state index in [-0.39, 0.29) is 18.1 Å².